The highest BCUT2D eigenvalue weighted by Crippen LogP contribution is 2.04. The minimum Gasteiger partial charge on any atom is -0.370 e. The van der Waals surface area contributed by atoms with Crippen molar-refractivity contribution in [2.75, 3.05) is 5.32 Å². The van der Waals surface area contributed by atoms with Crippen molar-refractivity contribution < 1.29 is 4.79 Å². The van der Waals surface area contributed by atoms with E-state index in [9.17, 15) is 4.79 Å². The van der Waals surface area contributed by atoms with Crippen LogP contribution >= 0.6 is 0 Å². The molecule has 1 heterocycles. The molecule has 0 bridgehead atoms. The van der Waals surface area contributed by atoms with Gasteiger partial charge in [-0.1, -0.05) is 0 Å². The van der Waals surface area contributed by atoms with Gasteiger partial charge in [0.05, 0.1) is 0 Å². The molecule has 0 aromatic carbocycles. The number of nitrogens with zero attached hydrogens (tertiary/aromatic N) is 2. The van der Waals surface area contributed by atoms with Gasteiger partial charge in [0.1, 0.15) is 5.82 Å². The van der Waals surface area contributed by atoms with E-state index in [1.54, 1.807) is 4.68 Å². The molecule has 78 valence electrons. The molecule has 0 radical (unpaired) electrons. The average Bonchev–Trinajstić information content (AvgIpc) is 2.47. The summed E-state index contributed by atoms with van der Waals surface area (Å²) < 4.78 is 1.70. The highest BCUT2D eigenvalue weighted by molar-refractivity contribution is 5.73. The molecule has 3 N–H and O–H groups in total. The monoisotopic (exact) mass is 196 g/mol. The van der Waals surface area contributed by atoms with Gasteiger partial charge in [0, 0.05) is 31.3 Å². The normalized spacial score (nSPS) is 10.5. The molecule has 0 spiro atoms. The minimum absolute atomic E-state index is 0.307. The number of rotatable bonds is 5. The van der Waals surface area contributed by atoms with Crippen LogP contribution in [0.15, 0.2) is 12.3 Å². The van der Waals surface area contributed by atoms with Gasteiger partial charge in [-0.3, -0.25) is 9.48 Å². The van der Waals surface area contributed by atoms with Gasteiger partial charge in [-0.2, -0.15) is 5.10 Å². The Balaban J connectivity index is 2.46. The first kappa shape index (κ1) is 10.6. The maximum Gasteiger partial charge on any atom is 0.219 e. The lowest BCUT2D eigenvalue weighted by molar-refractivity contribution is -0.118. The van der Waals surface area contributed by atoms with E-state index in [1.165, 1.54) is 0 Å². The molecule has 14 heavy (non-hydrogen) atoms. The zero-order chi connectivity index (χ0) is 10.6. The van der Waals surface area contributed by atoms with E-state index >= 15 is 0 Å². The van der Waals surface area contributed by atoms with Crippen molar-refractivity contribution in [3.05, 3.63) is 12.3 Å². The Hall–Kier alpha value is -1.52. The van der Waals surface area contributed by atoms with Crippen molar-refractivity contribution >= 4 is 11.7 Å². The summed E-state index contributed by atoms with van der Waals surface area (Å²) >= 11 is 0. The fourth-order valence-electron chi connectivity index (χ4n) is 1.08. The molecule has 1 amide bonds. The van der Waals surface area contributed by atoms with Crippen LogP contribution in [0.4, 0.5) is 5.82 Å². The molecule has 0 aliphatic rings. The second-order valence-electron chi connectivity index (χ2n) is 3.48. The third-order valence-corrected chi connectivity index (χ3v) is 1.66. The number of hydrogen-bond donors (Lipinski definition) is 2. The number of aromatic nitrogens is 2. The van der Waals surface area contributed by atoms with Crippen LogP contribution in [0.5, 0.6) is 0 Å². The summed E-state index contributed by atoms with van der Waals surface area (Å²) in [5, 5.41) is 7.38. The number of hydrogen-bond acceptors (Lipinski definition) is 3. The summed E-state index contributed by atoms with van der Waals surface area (Å²) in [6.07, 6.45) is 2.15. The zero-order valence-electron chi connectivity index (χ0n) is 8.53. The van der Waals surface area contributed by atoms with Gasteiger partial charge in [-0.05, 0) is 13.8 Å². The molecular formula is C9H16N4O. The van der Waals surface area contributed by atoms with Crippen molar-refractivity contribution in [2.24, 2.45) is 5.73 Å². The van der Waals surface area contributed by atoms with E-state index in [-0.39, 0.29) is 5.91 Å². The fraction of sp³-hybridized carbons (Fsp3) is 0.556. The van der Waals surface area contributed by atoms with Crippen molar-refractivity contribution in [1.29, 1.82) is 0 Å². The molecule has 0 aliphatic carbocycles. The maximum absolute atomic E-state index is 10.5. The van der Waals surface area contributed by atoms with Crippen LogP contribution in [0.25, 0.3) is 0 Å². The predicted molar refractivity (Wildman–Crippen MR) is 54.8 cm³/mol. The largest absolute Gasteiger partial charge is 0.370 e. The van der Waals surface area contributed by atoms with Crippen molar-refractivity contribution in [2.45, 2.75) is 32.9 Å². The number of carbonyl (C=O) groups excluding carboxylic acids is 1. The molecule has 0 aliphatic heterocycles. The first-order valence-electron chi connectivity index (χ1n) is 4.66. The van der Waals surface area contributed by atoms with Crippen molar-refractivity contribution in [3.8, 4) is 0 Å². The molecule has 1 aromatic rings. The number of nitrogens with one attached hydrogen (secondary N) is 1. The average molecular weight is 196 g/mol. The van der Waals surface area contributed by atoms with Crippen LogP contribution in [0, 0.1) is 0 Å². The maximum atomic E-state index is 10.5. The topological polar surface area (TPSA) is 72.9 Å². The van der Waals surface area contributed by atoms with E-state index in [0.29, 0.717) is 19.0 Å². The van der Waals surface area contributed by atoms with Crippen LogP contribution < -0.4 is 11.1 Å². The second kappa shape index (κ2) is 4.64. The number of amides is 1. The molecule has 1 rings (SSSR count). The molecule has 5 nitrogen and oxygen atoms in total. The Morgan fingerprint density at radius 1 is 1.71 bits per heavy atom. The molecule has 0 atom stereocenters. The summed E-state index contributed by atoms with van der Waals surface area (Å²) in [6.45, 7) is 4.62. The van der Waals surface area contributed by atoms with Crippen LogP contribution in [-0.2, 0) is 11.3 Å². The molecular weight excluding hydrogens is 180 g/mol. The van der Waals surface area contributed by atoms with Crippen LogP contribution in [0.3, 0.4) is 0 Å². The van der Waals surface area contributed by atoms with E-state index in [0.717, 1.165) is 5.82 Å². The summed E-state index contributed by atoms with van der Waals surface area (Å²) in [5.41, 5.74) is 5.03. The van der Waals surface area contributed by atoms with E-state index in [4.69, 9.17) is 5.73 Å². The third-order valence-electron chi connectivity index (χ3n) is 1.66. The van der Waals surface area contributed by atoms with Crippen LogP contribution in [0.2, 0.25) is 0 Å². The lowest BCUT2D eigenvalue weighted by Gasteiger charge is -2.05. The van der Waals surface area contributed by atoms with Gasteiger partial charge in [0.25, 0.3) is 0 Å². The molecule has 5 heteroatoms. The highest BCUT2D eigenvalue weighted by Gasteiger charge is 2.01. The standard InChI is InChI=1S/C9H16N4O/c1-7(2)11-9-4-6-13(12-9)5-3-8(10)14/h4,6-7H,3,5H2,1-2H3,(H2,10,14)(H,11,12). The minimum atomic E-state index is -0.307. The van der Waals surface area contributed by atoms with Crippen molar-refractivity contribution in [3.63, 3.8) is 0 Å². The zero-order valence-corrected chi connectivity index (χ0v) is 8.53. The Kier molecular flexibility index (Phi) is 3.50. The smallest absolute Gasteiger partial charge is 0.219 e. The molecule has 0 saturated heterocycles. The molecule has 0 fully saturated rings. The Bertz CT molecular complexity index is 306. The first-order valence-corrected chi connectivity index (χ1v) is 4.66. The molecule has 0 saturated carbocycles. The lowest BCUT2D eigenvalue weighted by Crippen LogP contribution is -2.15. The molecule has 1 aromatic heterocycles. The van der Waals surface area contributed by atoms with E-state index in [2.05, 4.69) is 10.4 Å². The Labute approximate surface area is 83.3 Å². The first-order chi connectivity index (χ1) is 6.58. The van der Waals surface area contributed by atoms with Crippen molar-refractivity contribution in [1.82, 2.24) is 9.78 Å². The molecule has 0 unspecified atom stereocenters. The quantitative estimate of drug-likeness (QED) is 0.723. The SMILES string of the molecule is CC(C)Nc1ccn(CCC(N)=O)n1. The van der Waals surface area contributed by atoms with Gasteiger partial charge in [-0.15, -0.1) is 0 Å². The third kappa shape index (κ3) is 3.47. The highest BCUT2D eigenvalue weighted by atomic mass is 16.1. The van der Waals surface area contributed by atoms with E-state index < -0.39 is 0 Å². The van der Waals surface area contributed by atoms with Crippen LogP contribution in [-0.4, -0.2) is 21.7 Å². The number of nitrogens with two attached hydrogens (primary N) is 1. The van der Waals surface area contributed by atoms with Gasteiger partial charge < -0.3 is 11.1 Å². The number of aryl methyl sites for hydroxylation is 1. The Morgan fingerprint density at radius 2 is 2.43 bits per heavy atom. The second-order valence-corrected chi connectivity index (χ2v) is 3.48. The van der Waals surface area contributed by atoms with Gasteiger partial charge >= 0.3 is 0 Å². The fourth-order valence-corrected chi connectivity index (χ4v) is 1.08. The van der Waals surface area contributed by atoms with E-state index in [1.807, 2.05) is 26.1 Å². The number of carbonyl (C=O) groups is 1. The lowest BCUT2D eigenvalue weighted by atomic mass is 10.4. The Morgan fingerprint density at radius 3 is 3.00 bits per heavy atom. The summed E-state index contributed by atoms with van der Waals surface area (Å²) in [5.74, 6) is 0.517. The van der Waals surface area contributed by atoms with Gasteiger partial charge in [0.15, 0.2) is 0 Å². The summed E-state index contributed by atoms with van der Waals surface area (Å²) in [7, 11) is 0. The summed E-state index contributed by atoms with van der Waals surface area (Å²) in [6, 6.07) is 2.23. The predicted octanol–water partition coefficient (Wildman–Crippen LogP) is 0.579. The number of primary amides is 1. The number of anilines is 1. The van der Waals surface area contributed by atoms with Crippen LogP contribution in [0.1, 0.15) is 20.3 Å². The van der Waals surface area contributed by atoms with Gasteiger partial charge in [0.2, 0.25) is 5.91 Å². The summed E-state index contributed by atoms with van der Waals surface area (Å²) in [4.78, 5) is 10.5. The van der Waals surface area contributed by atoms with Gasteiger partial charge in [-0.25, -0.2) is 0 Å².